The van der Waals surface area contributed by atoms with Crippen LogP contribution in [-0.2, 0) is 30.0 Å². The highest BCUT2D eigenvalue weighted by atomic mass is 32.2. The van der Waals surface area contributed by atoms with Crippen LogP contribution in [0.2, 0.25) is 0 Å². The molecule has 3 heterocycles. The van der Waals surface area contributed by atoms with Crippen molar-refractivity contribution in [1.82, 2.24) is 24.3 Å². The summed E-state index contributed by atoms with van der Waals surface area (Å²) in [6, 6.07) is 15.2. The van der Waals surface area contributed by atoms with E-state index in [9.17, 15) is 13.2 Å². The second-order valence-corrected chi connectivity index (χ2v) is 9.53. The fraction of sp³-hybridized carbons (Fsp3) is 0.182. The largest absolute Gasteiger partial charge is 0.401 e. The first kappa shape index (κ1) is 21.0. The summed E-state index contributed by atoms with van der Waals surface area (Å²) in [5.41, 5.74) is 3.05. The minimum absolute atomic E-state index is 0.0696. The molecule has 33 heavy (non-hydrogen) atoms. The minimum Gasteiger partial charge on any atom is -0.401 e. The second-order valence-electron chi connectivity index (χ2n) is 7.59. The average molecular weight is 465 g/mol. The van der Waals surface area contributed by atoms with E-state index in [0.29, 0.717) is 25.2 Å². The summed E-state index contributed by atoms with van der Waals surface area (Å²) in [5, 5.41) is 14.3. The SMILES string of the molecule is Cn1nccc1-c1nnc(NC(=O)c2ccc(S(=O)(=O)N3CCc4ccccc4C3)cc2)o1. The third kappa shape index (κ3) is 4.03. The maximum absolute atomic E-state index is 13.1. The van der Waals surface area contributed by atoms with Gasteiger partial charge >= 0.3 is 6.01 Å². The van der Waals surface area contributed by atoms with Crippen LogP contribution in [0.15, 0.2) is 70.1 Å². The Kier molecular flexibility index (Phi) is 5.27. The molecule has 11 heteroatoms. The number of amides is 1. The maximum atomic E-state index is 13.1. The summed E-state index contributed by atoms with van der Waals surface area (Å²) in [7, 11) is -1.95. The van der Waals surface area contributed by atoms with Gasteiger partial charge in [0.15, 0.2) is 0 Å². The molecule has 0 saturated heterocycles. The molecule has 0 unspecified atom stereocenters. The summed E-state index contributed by atoms with van der Waals surface area (Å²) in [4.78, 5) is 12.7. The molecule has 0 atom stereocenters. The summed E-state index contributed by atoms with van der Waals surface area (Å²) < 4.78 is 34.7. The van der Waals surface area contributed by atoms with Gasteiger partial charge in [-0.3, -0.25) is 14.8 Å². The molecule has 168 valence electrons. The van der Waals surface area contributed by atoms with Crippen molar-refractivity contribution in [3.8, 4) is 11.6 Å². The molecule has 5 rings (SSSR count). The molecule has 2 aromatic heterocycles. The molecule has 2 aromatic carbocycles. The van der Waals surface area contributed by atoms with E-state index in [1.165, 1.54) is 34.1 Å². The zero-order valence-electron chi connectivity index (χ0n) is 17.7. The van der Waals surface area contributed by atoms with E-state index >= 15 is 0 Å². The van der Waals surface area contributed by atoms with Gasteiger partial charge in [0.2, 0.25) is 10.0 Å². The Balaban J connectivity index is 1.29. The van der Waals surface area contributed by atoms with Crippen LogP contribution in [-0.4, -0.2) is 45.2 Å². The van der Waals surface area contributed by atoms with Gasteiger partial charge in [-0.25, -0.2) is 8.42 Å². The van der Waals surface area contributed by atoms with Gasteiger partial charge in [0.25, 0.3) is 11.8 Å². The lowest BCUT2D eigenvalue weighted by atomic mass is 10.0. The lowest BCUT2D eigenvalue weighted by molar-refractivity contribution is 0.102. The predicted octanol–water partition coefficient (Wildman–Crippen LogP) is 2.47. The van der Waals surface area contributed by atoms with Crippen molar-refractivity contribution < 1.29 is 17.6 Å². The quantitative estimate of drug-likeness (QED) is 0.481. The topological polar surface area (TPSA) is 123 Å². The van der Waals surface area contributed by atoms with Crippen LogP contribution in [0.3, 0.4) is 0 Å². The highest BCUT2D eigenvalue weighted by Gasteiger charge is 2.28. The van der Waals surface area contributed by atoms with E-state index in [0.717, 1.165) is 5.56 Å². The number of carbonyl (C=O) groups is 1. The molecule has 1 amide bonds. The third-order valence-electron chi connectivity index (χ3n) is 5.54. The van der Waals surface area contributed by atoms with Crippen molar-refractivity contribution in [3.05, 3.63) is 77.5 Å². The van der Waals surface area contributed by atoms with E-state index in [1.807, 2.05) is 24.3 Å². The number of aromatic nitrogens is 4. The van der Waals surface area contributed by atoms with Crippen LogP contribution in [0, 0.1) is 0 Å². The Bertz CT molecular complexity index is 1430. The number of rotatable bonds is 5. The monoisotopic (exact) mass is 464 g/mol. The van der Waals surface area contributed by atoms with E-state index in [-0.39, 0.29) is 22.4 Å². The molecule has 1 aliphatic rings. The van der Waals surface area contributed by atoms with Crippen LogP contribution in [0.5, 0.6) is 0 Å². The fourth-order valence-corrected chi connectivity index (χ4v) is 5.15. The van der Waals surface area contributed by atoms with Crippen LogP contribution in [0.25, 0.3) is 11.6 Å². The van der Waals surface area contributed by atoms with E-state index in [4.69, 9.17) is 4.42 Å². The van der Waals surface area contributed by atoms with Gasteiger partial charge in [0.05, 0.1) is 4.90 Å². The van der Waals surface area contributed by atoms with Crippen molar-refractivity contribution in [2.75, 3.05) is 11.9 Å². The molecule has 0 radical (unpaired) electrons. The number of anilines is 1. The number of sulfonamides is 1. The molecule has 0 fully saturated rings. The highest BCUT2D eigenvalue weighted by molar-refractivity contribution is 7.89. The number of hydrogen-bond donors (Lipinski definition) is 1. The Hall–Kier alpha value is -3.83. The van der Waals surface area contributed by atoms with Gasteiger partial charge in [-0.2, -0.15) is 9.40 Å². The van der Waals surface area contributed by atoms with Gasteiger partial charge in [0.1, 0.15) is 5.69 Å². The van der Waals surface area contributed by atoms with Crippen molar-refractivity contribution >= 4 is 21.9 Å². The van der Waals surface area contributed by atoms with Crippen LogP contribution >= 0.6 is 0 Å². The molecule has 0 spiro atoms. The zero-order valence-corrected chi connectivity index (χ0v) is 18.5. The number of nitrogens with zero attached hydrogens (tertiary/aromatic N) is 5. The Morgan fingerprint density at radius 2 is 1.79 bits per heavy atom. The Morgan fingerprint density at radius 1 is 1.03 bits per heavy atom. The Morgan fingerprint density at radius 3 is 2.52 bits per heavy atom. The molecule has 4 aromatic rings. The Labute approximate surface area is 189 Å². The van der Waals surface area contributed by atoms with E-state index < -0.39 is 15.9 Å². The zero-order chi connectivity index (χ0) is 23.0. The lowest BCUT2D eigenvalue weighted by Crippen LogP contribution is -2.35. The van der Waals surface area contributed by atoms with Crippen molar-refractivity contribution in [3.63, 3.8) is 0 Å². The molecule has 1 aliphatic heterocycles. The molecular weight excluding hydrogens is 444 g/mol. The van der Waals surface area contributed by atoms with Gasteiger partial charge < -0.3 is 4.42 Å². The number of hydrogen-bond acceptors (Lipinski definition) is 7. The summed E-state index contributed by atoms with van der Waals surface area (Å²) in [6.07, 6.45) is 2.26. The first-order valence-electron chi connectivity index (χ1n) is 10.2. The number of benzene rings is 2. The molecule has 10 nitrogen and oxygen atoms in total. The minimum atomic E-state index is -3.68. The predicted molar refractivity (Wildman–Crippen MR) is 119 cm³/mol. The number of fused-ring (bicyclic) bond motifs is 1. The van der Waals surface area contributed by atoms with Gasteiger partial charge in [-0.1, -0.05) is 29.4 Å². The highest BCUT2D eigenvalue weighted by Crippen LogP contribution is 2.25. The standard InChI is InChI=1S/C22H20N6O4S/c1-27-19(10-12-23-27)21-25-26-22(32-21)24-20(29)16-6-8-18(9-7-16)33(30,31)28-13-11-15-4-2-3-5-17(15)14-28/h2-10,12H,11,13-14H2,1H3,(H,24,26,29). The number of carbonyl (C=O) groups excluding carboxylic acids is 1. The smallest absolute Gasteiger partial charge is 0.322 e. The van der Waals surface area contributed by atoms with Gasteiger partial charge in [-0.15, -0.1) is 5.10 Å². The molecule has 1 N–H and O–H groups in total. The van der Waals surface area contributed by atoms with Crippen LogP contribution < -0.4 is 5.32 Å². The summed E-state index contributed by atoms with van der Waals surface area (Å²) >= 11 is 0. The lowest BCUT2D eigenvalue weighted by Gasteiger charge is -2.28. The first-order valence-corrected chi connectivity index (χ1v) is 11.7. The molecule has 0 saturated carbocycles. The van der Waals surface area contributed by atoms with Crippen molar-refractivity contribution in [1.29, 1.82) is 0 Å². The maximum Gasteiger partial charge on any atom is 0.322 e. The fourth-order valence-electron chi connectivity index (χ4n) is 3.73. The van der Waals surface area contributed by atoms with E-state index in [1.54, 1.807) is 24.0 Å². The van der Waals surface area contributed by atoms with Gasteiger partial charge in [-0.05, 0) is 47.9 Å². The van der Waals surface area contributed by atoms with Gasteiger partial charge in [0, 0.05) is 31.9 Å². The number of nitrogens with one attached hydrogen (secondary N) is 1. The number of aryl methyl sites for hydroxylation is 1. The van der Waals surface area contributed by atoms with E-state index in [2.05, 4.69) is 20.6 Å². The van der Waals surface area contributed by atoms with Crippen LogP contribution in [0.1, 0.15) is 21.5 Å². The van der Waals surface area contributed by atoms with Crippen molar-refractivity contribution in [2.24, 2.45) is 7.05 Å². The average Bonchev–Trinajstić information content (AvgIpc) is 3.47. The van der Waals surface area contributed by atoms with Crippen LogP contribution in [0.4, 0.5) is 6.01 Å². The normalized spacial score (nSPS) is 14.1. The molecule has 0 aliphatic carbocycles. The third-order valence-corrected chi connectivity index (χ3v) is 7.39. The first-order chi connectivity index (χ1) is 15.9. The molecule has 0 bridgehead atoms. The summed E-state index contributed by atoms with van der Waals surface area (Å²) in [5.74, 6) is -0.277. The van der Waals surface area contributed by atoms with Crippen molar-refractivity contribution in [2.45, 2.75) is 17.9 Å². The summed E-state index contributed by atoms with van der Waals surface area (Å²) in [6.45, 7) is 0.745. The second kappa shape index (κ2) is 8.26. The molecular formula is C22H20N6O4S.